The van der Waals surface area contributed by atoms with Crippen molar-refractivity contribution in [3.05, 3.63) is 50.2 Å². The van der Waals surface area contributed by atoms with Gasteiger partial charge in [0.05, 0.1) is 11.7 Å². The first-order valence-electron chi connectivity index (χ1n) is 8.77. The summed E-state index contributed by atoms with van der Waals surface area (Å²) >= 11 is 0. The fourth-order valence-electron chi connectivity index (χ4n) is 3.60. The molecule has 0 aliphatic rings. The molecular formula is C19H28N4O2. The summed E-state index contributed by atoms with van der Waals surface area (Å²) in [6.07, 6.45) is 0.754. The number of nitrogens with one attached hydrogen (secondary N) is 1. The molecule has 0 unspecified atom stereocenters. The molecular weight excluding hydrogens is 316 g/mol. The molecule has 0 bridgehead atoms. The smallest absolute Gasteiger partial charge is 0.263 e. The zero-order chi connectivity index (χ0) is 18.9. The van der Waals surface area contributed by atoms with Crippen LogP contribution in [0.3, 0.4) is 0 Å². The van der Waals surface area contributed by atoms with E-state index in [1.54, 1.807) is 17.7 Å². The van der Waals surface area contributed by atoms with Gasteiger partial charge in [0.1, 0.15) is 5.56 Å². The summed E-state index contributed by atoms with van der Waals surface area (Å²) in [5, 5.41) is 7.46. The van der Waals surface area contributed by atoms with Crippen LogP contribution in [-0.4, -0.2) is 20.3 Å². The summed E-state index contributed by atoms with van der Waals surface area (Å²) in [6.45, 7) is 12.6. The van der Waals surface area contributed by atoms with Crippen molar-refractivity contribution in [2.75, 3.05) is 0 Å². The minimum atomic E-state index is -0.345. The molecule has 1 N–H and O–H groups in total. The second-order valence-electron chi connectivity index (χ2n) is 6.50. The van der Waals surface area contributed by atoms with Gasteiger partial charge in [0.25, 0.3) is 11.5 Å². The molecule has 0 spiro atoms. The van der Waals surface area contributed by atoms with E-state index in [0.29, 0.717) is 0 Å². The highest BCUT2D eigenvalue weighted by molar-refractivity contribution is 5.94. The second-order valence-corrected chi connectivity index (χ2v) is 6.50. The summed E-state index contributed by atoms with van der Waals surface area (Å²) in [7, 11) is 1.72. The summed E-state index contributed by atoms with van der Waals surface area (Å²) in [5.41, 5.74) is 4.77. The molecule has 6 nitrogen and oxygen atoms in total. The van der Waals surface area contributed by atoms with Gasteiger partial charge in [-0.25, -0.2) is 0 Å². The molecule has 0 radical (unpaired) electrons. The van der Waals surface area contributed by atoms with Gasteiger partial charge in [0.15, 0.2) is 0 Å². The minimum Gasteiger partial charge on any atom is -0.345 e. The Labute approximate surface area is 148 Å². The van der Waals surface area contributed by atoms with E-state index < -0.39 is 0 Å². The maximum Gasteiger partial charge on any atom is 0.263 e. The molecule has 6 heteroatoms. The average Bonchev–Trinajstić information content (AvgIpc) is 2.85. The lowest BCUT2D eigenvalue weighted by Crippen LogP contribution is -2.35. The molecule has 0 aliphatic carbocycles. The van der Waals surface area contributed by atoms with E-state index in [2.05, 4.69) is 10.4 Å². The molecule has 0 saturated carbocycles. The monoisotopic (exact) mass is 344 g/mol. The van der Waals surface area contributed by atoms with Crippen LogP contribution in [0.4, 0.5) is 0 Å². The zero-order valence-corrected chi connectivity index (χ0v) is 16.2. The minimum absolute atomic E-state index is 0.183. The number of hydrogen-bond acceptors (Lipinski definition) is 3. The molecule has 0 fully saturated rings. The van der Waals surface area contributed by atoms with Crippen LogP contribution < -0.4 is 10.9 Å². The van der Waals surface area contributed by atoms with E-state index in [1.807, 2.05) is 46.2 Å². The maximum absolute atomic E-state index is 12.7. The van der Waals surface area contributed by atoms with Crippen molar-refractivity contribution < 1.29 is 4.79 Å². The van der Waals surface area contributed by atoms with Crippen LogP contribution >= 0.6 is 0 Å². The van der Waals surface area contributed by atoms with E-state index in [1.165, 1.54) is 0 Å². The highest BCUT2D eigenvalue weighted by Gasteiger charge is 2.21. The van der Waals surface area contributed by atoms with Crippen molar-refractivity contribution in [3.8, 4) is 0 Å². The number of nitrogens with zero attached hydrogens (tertiary/aromatic N) is 3. The SMILES string of the molecule is CCc1c(C)cc(C(=O)N[C@H](C)c2c(C)nn(CC)c2C)c(=O)n1C. The van der Waals surface area contributed by atoms with Crippen LogP contribution in [-0.2, 0) is 20.0 Å². The van der Waals surface area contributed by atoms with Crippen molar-refractivity contribution in [1.29, 1.82) is 0 Å². The van der Waals surface area contributed by atoms with Gasteiger partial charge in [-0.2, -0.15) is 5.10 Å². The molecule has 136 valence electrons. The topological polar surface area (TPSA) is 68.9 Å². The molecule has 1 atom stereocenters. The van der Waals surface area contributed by atoms with Crippen molar-refractivity contribution in [2.45, 2.75) is 60.5 Å². The first-order chi connectivity index (χ1) is 11.7. The molecule has 0 aliphatic heterocycles. The summed E-state index contributed by atoms with van der Waals surface area (Å²) in [5.74, 6) is -0.345. The largest absolute Gasteiger partial charge is 0.345 e. The van der Waals surface area contributed by atoms with Crippen molar-refractivity contribution in [1.82, 2.24) is 19.7 Å². The first kappa shape index (κ1) is 19.0. The Morgan fingerprint density at radius 1 is 1.28 bits per heavy atom. The Balaban J connectivity index is 2.35. The van der Waals surface area contributed by atoms with Gasteiger partial charge >= 0.3 is 0 Å². The third-order valence-corrected chi connectivity index (χ3v) is 4.85. The number of amides is 1. The van der Waals surface area contributed by atoms with Crippen LogP contribution in [0.5, 0.6) is 0 Å². The quantitative estimate of drug-likeness (QED) is 0.906. The summed E-state index contributed by atoms with van der Waals surface area (Å²) in [6, 6.07) is 1.47. The van der Waals surface area contributed by atoms with Gasteiger partial charge in [-0.05, 0) is 52.7 Å². The van der Waals surface area contributed by atoms with Crippen molar-refractivity contribution >= 4 is 5.91 Å². The molecule has 2 aromatic rings. The third kappa shape index (κ3) is 3.38. The van der Waals surface area contributed by atoms with Gasteiger partial charge in [0, 0.05) is 30.5 Å². The molecule has 2 aromatic heterocycles. The molecule has 0 aromatic carbocycles. The van der Waals surface area contributed by atoms with Crippen LogP contribution in [0.25, 0.3) is 0 Å². The number of hydrogen-bond donors (Lipinski definition) is 1. The number of rotatable bonds is 5. The number of aryl methyl sites for hydroxylation is 3. The molecule has 0 saturated heterocycles. The lowest BCUT2D eigenvalue weighted by atomic mass is 10.0. The second kappa shape index (κ2) is 7.25. The third-order valence-electron chi connectivity index (χ3n) is 4.85. The highest BCUT2D eigenvalue weighted by atomic mass is 16.2. The highest BCUT2D eigenvalue weighted by Crippen LogP contribution is 2.21. The Morgan fingerprint density at radius 2 is 1.92 bits per heavy atom. The summed E-state index contributed by atoms with van der Waals surface area (Å²) < 4.78 is 3.49. The van der Waals surface area contributed by atoms with E-state index in [4.69, 9.17) is 0 Å². The van der Waals surface area contributed by atoms with Crippen molar-refractivity contribution in [3.63, 3.8) is 0 Å². The van der Waals surface area contributed by atoms with Crippen LogP contribution in [0, 0.1) is 20.8 Å². The lowest BCUT2D eigenvalue weighted by molar-refractivity contribution is 0.0937. The predicted molar refractivity (Wildman–Crippen MR) is 99.1 cm³/mol. The maximum atomic E-state index is 12.7. The van der Waals surface area contributed by atoms with Gasteiger partial charge in [0.2, 0.25) is 0 Å². The van der Waals surface area contributed by atoms with Gasteiger partial charge < -0.3 is 9.88 Å². The fraction of sp³-hybridized carbons (Fsp3) is 0.526. The molecule has 2 heterocycles. The van der Waals surface area contributed by atoms with Crippen LogP contribution in [0.2, 0.25) is 0 Å². The number of carbonyl (C=O) groups is 1. The van der Waals surface area contributed by atoms with Gasteiger partial charge in [-0.15, -0.1) is 0 Å². The Kier molecular flexibility index (Phi) is 5.50. The summed E-state index contributed by atoms with van der Waals surface area (Å²) in [4.78, 5) is 25.2. The Bertz CT molecular complexity index is 861. The first-order valence-corrected chi connectivity index (χ1v) is 8.77. The fourth-order valence-corrected chi connectivity index (χ4v) is 3.60. The van der Waals surface area contributed by atoms with Crippen LogP contribution in [0.1, 0.15) is 65.4 Å². The molecule has 2 rings (SSSR count). The van der Waals surface area contributed by atoms with E-state index >= 15 is 0 Å². The standard InChI is InChI=1S/C19H28N4O2/c1-8-16-11(3)10-15(19(25)22(16)7)18(24)20-12(4)17-13(5)21-23(9-2)14(17)6/h10,12H,8-9H2,1-7H3,(H,20,24)/t12-/m1/s1. The van der Waals surface area contributed by atoms with Gasteiger partial charge in [-0.1, -0.05) is 6.92 Å². The van der Waals surface area contributed by atoms with E-state index in [9.17, 15) is 9.59 Å². The average molecular weight is 344 g/mol. The zero-order valence-electron chi connectivity index (χ0n) is 16.2. The van der Waals surface area contributed by atoms with Gasteiger partial charge in [-0.3, -0.25) is 14.3 Å². The molecule has 1 amide bonds. The predicted octanol–water partition coefficient (Wildman–Crippen LogP) is 2.58. The normalized spacial score (nSPS) is 12.3. The van der Waals surface area contributed by atoms with Crippen molar-refractivity contribution in [2.24, 2.45) is 7.05 Å². The lowest BCUT2D eigenvalue weighted by Gasteiger charge is -2.17. The Hall–Kier alpha value is -2.37. The van der Waals surface area contributed by atoms with E-state index in [0.717, 1.165) is 41.2 Å². The van der Waals surface area contributed by atoms with Crippen LogP contribution in [0.15, 0.2) is 10.9 Å². The molecule has 25 heavy (non-hydrogen) atoms. The van der Waals surface area contributed by atoms with E-state index in [-0.39, 0.29) is 23.1 Å². The number of pyridine rings is 1. The Morgan fingerprint density at radius 3 is 2.44 bits per heavy atom. The number of aromatic nitrogens is 3. The number of carbonyl (C=O) groups excluding carboxylic acids is 1.